The lowest BCUT2D eigenvalue weighted by Gasteiger charge is -2.04. The minimum absolute atomic E-state index is 0.336. The summed E-state index contributed by atoms with van der Waals surface area (Å²) in [6, 6.07) is 5.68. The lowest BCUT2D eigenvalue weighted by atomic mass is 10.2. The van der Waals surface area contributed by atoms with E-state index in [1.54, 1.807) is 6.20 Å². The number of nitrogens with zero attached hydrogens (tertiary/aromatic N) is 1. The predicted molar refractivity (Wildman–Crippen MR) is 66.1 cm³/mol. The Balaban J connectivity index is 2.42. The molecule has 0 radical (unpaired) electrons. The Hall–Kier alpha value is -1.88. The van der Waals surface area contributed by atoms with Crippen molar-refractivity contribution in [1.82, 2.24) is 4.98 Å². The van der Waals surface area contributed by atoms with Crippen LogP contribution in [0.3, 0.4) is 0 Å². The summed E-state index contributed by atoms with van der Waals surface area (Å²) < 4.78 is 0. The Bertz CT molecular complexity index is 522. The number of nitrogens with two attached hydrogens (primary N) is 2. The van der Waals surface area contributed by atoms with Gasteiger partial charge < -0.3 is 16.3 Å². The molecule has 5 heteroatoms. The van der Waals surface area contributed by atoms with E-state index in [4.69, 9.17) is 11.5 Å². The van der Waals surface area contributed by atoms with Gasteiger partial charge in [-0.05, 0) is 18.2 Å². The fraction of sp³-hybridized carbons (Fsp3) is 0.0909. The normalized spacial score (nSPS) is 10.2. The van der Waals surface area contributed by atoms with Crippen molar-refractivity contribution in [3.05, 3.63) is 29.3 Å². The SMILES string of the molecule is Nc1nccc(-c2ccc(CC=O)s2)c1N. The minimum Gasteiger partial charge on any atom is -0.395 e. The van der Waals surface area contributed by atoms with Gasteiger partial charge in [0.05, 0.1) is 5.69 Å². The Kier molecular flexibility index (Phi) is 2.87. The molecule has 0 amide bonds. The van der Waals surface area contributed by atoms with Crippen LogP contribution in [-0.4, -0.2) is 11.3 Å². The van der Waals surface area contributed by atoms with Gasteiger partial charge in [-0.2, -0.15) is 0 Å². The molecule has 0 aromatic carbocycles. The van der Waals surface area contributed by atoms with E-state index in [1.807, 2.05) is 18.2 Å². The quantitative estimate of drug-likeness (QED) is 0.791. The fourth-order valence-electron chi connectivity index (χ4n) is 1.42. The number of nitrogen functional groups attached to an aromatic ring is 2. The van der Waals surface area contributed by atoms with Crippen LogP contribution in [0.15, 0.2) is 24.4 Å². The van der Waals surface area contributed by atoms with Gasteiger partial charge in [-0.25, -0.2) is 4.98 Å². The molecular weight excluding hydrogens is 222 g/mol. The predicted octanol–water partition coefficient (Wildman–Crippen LogP) is 1.72. The molecule has 2 aromatic rings. The Morgan fingerprint density at radius 2 is 2.12 bits per heavy atom. The summed E-state index contributed by atoms with van der Waals surface area (Å²) in [5.41, 5.74) is 12.8. The molecule has 0 unspecified atom stereocenters. The van der Waals surface area contributed by atoms with Gasteiger partial charge in [0.1, 0.15) is 12.1 Å². The zero-order valence-corrected chi connectivity index (χ0v) is 9.33. The van der Waals surface area contributed by atoms with Gasteiger partial charge >= 0.3 is 0 Å². The number of hydrogen-bond donors (Lipinski definition) is 2. The molecule has 4 nitrogen and oxygen atoms in total. The van der Waals surface area contributed by atoms with Gasteiger partial charge in [-0.3, -0.25) is 0 Å². The molecule has 0 bridgehead atoms. The number of carbonyl (C=O) groups excluding carboxylic acids is 1. The minimum atomic E-state index is 0.336. The number of pyridine rings is 1. The number of hydrogen-bond acceptors (Lipinski definition) is 5. The molecule has 16 heavy (non-hydrogen) atoms. The molecule has 4 N–H and O–H groups in total. The standard InChI is InChI=1S/C11H11N3OS/c12-10-8(3-5-14-11(10)13)9-2-1-7(16-9)4-6-15/h1-3,5-6H,4,12H2,(H2,13,14). The molecule has 0 aliphatic heterocycles. The molecule has 2 rings (SSSR count). The second kappa shape index (κ2) is 4.32. The van der Waals surface area contributed by atoms with E-state index in [-0.39, 0.29) is 0 Å². The maximum Gasteiger partial charge on any atom is 0.147 e. The van der Waals surface area contributed by atoms with Crippen molar-refractivity contribution in [1.29, 1.82) is 0 Å². The Labute approximate surface area is 96.9 Å². The highest BCUT2D eigenvalue weighted by Gasteiger charge is 2.08. The van der Waals surface area contributed by atoms with Crippen molar-refractivity contribution in [2.75, 3.05) is 11.5 Å². The first-order valence-electron chi connectivity index (χ1n) is 4.75. The topological polar surface area (TPSA) is 82.0 Å². The second-order valence-corrected chi connectivity index (χ2v) is 4.46. The molecule has 0 saturated carbocycles. The molecular formula is C11H11N3OS. The molecule has 82 valence electrons. The average molecular weight is 233 g/mol. The lowest BCUT2D eigenvalue weighted by Crippen LogP contribution is -1.98. The van der Waals surface area contributed by atoms with Crippen LogP contribution >= 0.6 is 11.3 Å². The zero-order chi connectivity index (χ0) is 11.5. The molecule has 0 aliphatic carbocycles. The molecule has 2 heterocycles. The van der Waals surface area contributed by atoms with E-state index >= 15 is 0 Å². The van der Waals surface area contributed by atoms with Gasteiger partial charge in [-0.1, -0.05) is 0 Å². The van der Waals surface area contributed by atoms with E-state index in [0.717, 1.165) is 21.6 Å². The van der Waals surface area contributed by atoms with Gasteiger partial charge in [0, 0.05) is 27.9 Å². The average Bonchev–Trinajstić information content (AvgIpc) is 2.71. The number of anilines is 2. The maximum atomic E-state index is 10.4. The summed E-state index contributed by atoms with van der Waals surface area (Å²) in [5, 5.41) is 0. The van der Waals surface area contributed by atoms with Gasteiger partial charge in [0.15, 0.2) is 0 Å². The maximum absolute atomic E-state index is 10.4. The highest BCUT2D eigenvalue weighted by molar-refractivity contribution is 7.15. The van der Waals surface area contributed by atoms with Crippen LogP contribution in [0, 0.1) is 0 Å². The van der Waals surface area contributed by atoms with Gasteiger partial charge in [0.25, 0.3) is 0 Å². The van der Waals surface area contributed by atoms with E-state index in [1.165, 1.54) is 11.3 Å². The van der Waals surface area contributed by atoms with E-state index in [2.05, 4.69) is 4.98 Å². The number of aromatic nitrogens is 1. The van der Waals surface area contributed by atoms with E-state index in [9.17, 15) is 4.79 Å². The fourth-order valence-corrected chi connectivity index (χ4v) is 2.41. The first-order valence-corrected chi connectivity index (χ1v) is 5.56. The van der Waals surface area contributed by atoms with Crippen LogP contribution in [0.4, 0.5) is 11.5 Å². The van der Waals surface area contributed by atoms with Crippen molar-refractivity contribution in [2.45, 2.75) is 6.42 Å². The van der Waals surface area contributed by atoms with Crippen LogP contribution in [0.2, 0.25) is 0 Å². The van der Waals surface area contributed by atoms with E-state index in [0.29, 0.717) is 17.9 Å². The summed E-state index contributed by atoms with van der Waals surface area (Å²) in [4.78, 5) is 16.3. The summed E-state index contributed by atoms with van der Waals surface area (Å²) in [6.45, 7) is 0. The summed E-state index contributed by atoms with van der Waals surface area (Å²) in [6.07, 6.45) is 2.95. The Morgan fingerprint density at radius 3 is 2.88 bits per heavy atom. The van der Waals surface area contributed by atoms with Crippen molar-refractivity contribution < 1.29 is 4.79 Å². The smallest absolute Gasteiger partial charge is 0.147 e. The summed E-state index contributed by atoms with van der Waals surface area (Å²) in [7, 11) is 0. The monoisotopic (exact) mass is 233 g/mol. The second-order valence-electron chi connectivity index (χ2n) is 3.29. The molecule has 0 fully saturated rings. The third-order valence-electron chi connectivity index (χ3n) is 2.23. The van der Waals surface area contributed by atoms with Crippen molar-refractivity contribution in [2.24, 2.45) is 0 Å². The molecule has 0 atom stereocenters. The lowest BCUT2D eigenvalue weighted by molar-refractivity contribution is -0.107. The summed E-state index contributed by atoms with van der Waals surface area (Å²) in [5.74, 6) is 0.336. The van der Waals surface area contributed by atoms with E-state index < -0.39 is 0 Å². The molecule has 0 aliphatic rings. The molecule has 0 spiro atoms. The molecule has 0 saturated heterocycles. The first-order chi connectivity index (χ1) is 7.72. The highest BCUT2D eigenvalue weighted by atomic mass is 32.1. The van der Waals surface area contributed by atoms with Crippen LogP contribution in [-0.2, 0) is 11.2 Å². The Morgan fingerprint density at radius 1 is 1.31 bits per heavy atom. The third kappa shape index (κ3) is 1.90. The molecule has 2 aromatic heterocycles. The number of rotatable bonds is 3. The van der Waals surface area contributed by atoms with Crippen molar-refractivity contribution >= 4 is 29.1 Å². The number of thiophene rings is 1. The van der Waals surface area contributed by atoms with Crippen molar-refractivity contribution in [3.63, 3.8) is 0 Å². The first kappa shape index (κ1) is 10.6. The van der Waals surface area contributed by atoms with Gasteiger partial charge in [-0.15, -0.1) is 11.3 Å². The number of carbonyl (C=O) groups is 1. The zero-order valence-electron chi connectivity index (χ0n) is 8.51. The third-order valence-corrected chi connectivity index (χ3v) is 3.37. The van der Waals surface area contributed by atoms with Crippen LogP contribution in [0.25, 0.3) is 10.4 Å². The highest BCUT2D eigenvalue weighted by Crippen LogP contribution is 2.33. The van der Waals surface area contributed by atoms with Crippen molar-refractivity contribution in [3.8, 4) is 10.4 Å². The van der Waals surface area contributed by atoms with Crippen LogP contribution in [0.1, 0.15) is 4.88 Å². The summed E-state index contributed by atoms with van der Waals surface area (Å²) >= 11 is 1.54. The van der Waals surface area contributed by atoms with Gasteiger partial charge in [0.2, 0.25) is 0 Å². The number of aldehydes is 1. The van der Waals surface area contributed by atoms with Crippen LogP contribution < -0.4 is 11.5 Å². The van der Waals surface area contributed by atoms with Crippen LogP contribution in [0.5, 0.6) is 0 Å². The largest absolute Gasteiger partial charge is 0.395 e.